The van der Waals surface area contributed by atoms with Crippen molar-refractivity contribution in [2.75, 3.05) is 6.61 Å². The van der Waals surface area contributed by atoms with E-state index in [0.717, 1.165) is 6.07 Å². The second-order valence-electron chi connectivity index (χ2n) is 4.84. The number of aliphatic hydroxyl groups excluding tert-OH is 1. The second kappa shape index (κ2) is 5.76. The van der Waals surface area contributed by atoms with Crippen LogP contribution in [0.2, 0.25) is 0 Å². The van der Waals surface area contributed by atoms with E-state index in [9.17, 15) is 35.4 Å². The Morgan fingerprint density at radius 2 is 1.65 bits per heavy atom. The van der Waals surface area contributed by atoms with E-state index in [2.05, 4.69) is 0 Å². The molecular formula is C15H14O8. The van der Waals surface area contributed by atoms with Gasteiger partial charge in [-0.2, -0.15) is 0 Å². The van der Waals surface area contributed by atoms with Gasteiger partial charge in [0.25, 0.3) is 0 Å². The lowest BCUT2D eigenvalue weighted by molar-refractivity contribution is -0.194. The quantitative estimate of drug-likeness (QED) is 0.312. The molecule has 0 spiro atoms. The van der Waals surface area contributed by atoms with Crippen molar-refractivity contribution >= 4 is 5.97 Å². The molecule has 2 aromatic carbocycles. The molecule has 7 N–H and O–H groups in total. The highest BCUT2D eigenvalue weighted by Gasteiger charge is 2.31. The van der Waals surface area contributed by atoms with E-state index in [4.69, 9.17) is 5.11 Å². The van der Waals surface area contributed by atoms with Gasteiger partial charge >= 0.3 is 5.97 Å². The zero-order chi connectivity index (χ0) is 17.4. The van der Waals surface area contributed by atoms with E-state index in [1.54, 1.807) is 0 Å². The minimum Gasteiger partial charge on any atom is -0.504 e. The third-order valence-corrected chi connectivity index (χ3v) is 3.33. The second-order valence-corrected chi connectivity index (χ2v) is 4.84. The van der Waals surface area contributed by atoms with Crippen LogP contribution < -0.4 is 0 Å². The summed E-state index contributed by atoms with van der Waals surface area (Å²) in [4.78, 5) is 11.4. The van der Waals surface area contributed by atoms with Crippen LogP contribution >= 0.6 is 0 Å². The van der Waals surface area contributed by atoms with Gasteiger partial charge in [-0.15, -0.1) is 0 Å². The van der Waals surface area contributed by atoms with Crippen molar-refractivity contribution in [2.45, 2.75) is 5.79 Å². The standard InChI is InChI=1S/C15H14O8/c16-6-15(22,23)9-4-2-1-3-7(9)11-8(14(20)21)5-10(17)12(18)13(11)19/h1-5,16-19,22-23H,6H2,(H,20,21). The van der Waals surface area contributed by atoms with E-state index in [1.165, 1.54) is 24.3 Å². The van der Waals surface area contributed by atoms with E-state index in [1.807, 2.05) is 0 Å². The maximum absolute atomic E-state index is 11.4. The summed E-state index contributed by atoms with van der Waals surface area (Å²) in [5.41, 5.74) is -1.43. The first kappa shape index (κ1) is 16.6. The number of hydrogen-bond donors (Lipinski definition) is 7. The van der Waals surface area contributed by atoms with E-state index < -0.39 is 46.7 Å². The van der Waals surface area contributed by atoms with Gasteiger partial charge < -0.3 is 35.7 Å². The van der Waals surface area contributed by atoms with Gasteiger partial charge in [0.15, 0.2) is 11.5 Å². The molecule has 23 heavy (non-hydrogen) atoms. The predicted molar refractivity (Wildman–Crippen MR) is 77.0 cm³/mol. The van der Waals surface area contributed by atoms with Gasteiger partial charge in [0.1, 0.15) is 6.61 Å². The summed E-state index contributed by atoms with van der Waals surface area (Å²) >= 11 is 0. The number of aromatic hydroxyl groups is 3. The molecule has 0 aliphatic rings. The van der Waals surface area contributed by atoms with Gasteiger partial charge in [-0.1, -0.05) is 24.3 Å². The fourth-order valence-corrected chi connectivity index (χ4v) is 2.22. The number of phenols is 3. The summed E-state index contributed by atoms with van der Waals surface area (Å²) in [6.07, 6.45) is 0. The smallest absolute Gasteiger partial charge is 0.336 e. The molecule has 0 unspecified atom stereocenters. The molecule has 0 aliphatic carbocycles. The molecule has 0 amide bonds. The van der Waals surface area contributed by atoms with Gasteiger partial charge in [0, 0.05) is 11.1 Å². The summed E-state index contributed by atoms with van der Waals surface area (Å²) < 4.78 is 0. The van der Waals surface area contributed by atoms with Crippen LogP contribution in [-0.4, -0.2) is 48.3 Å². The van der Waals surface area contributed by atoms with Crippen LogP contribution in [0.1, 0.15) is 15.9 Å². The zero-order valence-electron chi connectivity index (χ0n) is 11.6. The van der Waals surface area contributed by atoms with Gasteiger partial charge in [-0.05, 0) is 11.6 Å². The van der Waals surface area contributed by atoms with Crippen molar-refractivity contribution in [3.05, 3.63) is 41.5 Å². The molecule has 0 saturated carbocycles. The molecule has 0 fully saturated rings. The van der Waals surface area contributed by atoms with Crippen LogP contribution in [0.15, 0.2) is 30.3 Å². The zero-order valence-corrected chi connectivity index (χ0v) is 11.6. The first-order chi connectivity index (χ1) is 10.7. The van der Waals surface area contributed by atoms with Crippen LogP contribution in [0.3, 0.4) is 0 Å². The van der Waals surface area contributed by atoms with Crippen LogP contribution in [0, 0.1) is 0 Å². The molecule has 0 radical (unpaired) electrons. The Bertz CT molecular complexity index is 766. The summed E-state index contributed by atoms with van der Waals surface area (Å²) in [7, 11) is 0. The molecule has 122 valence electrons. The van der Waals surface area contributed by atoms with Crippen LogP contribution in [0.4, 0.5) is 0 Å². The number of aromatic carboxylic acids is 1. The summed E-state index contributed by atoms with van der Waals surface area (Å²) in [5.74, 6) is -6.96. The lowest BCUT2D eigenvalue weighted by atomic mass is 9.90. The molecule has 2 rings (SSSR count). The molecule has 0 atom stereocenters. The Labute approximate surface area is 129 Å². The number of benzene rings is 2. The number of rotatable bonds is 4. The first-order valence-corrected chi connectivity index (χ1v) is 6.37. The van der Waals surface area contributed by atoms with Gasteiger partial charge in [0.05, 0.1) is 5.56 Å². The van der Waals surface area contributed by atoms with Crippen molar-refractivity contribution in [3.63, 3.8) is 0 Å². The molecule has 8 nitrogen and oxygen atoms in total. The van der Waals surface area contributed by atoms with E-state index >= 15 is 0 Å². The Hall–Kier alpha value is -2.81. The summed E-state index contributed by atoms with van der Waals surface area (Å²) in [6.45, 7) is -1.09. The molecule has 8 heteroatoms. The lowest BCUT2D eigenvalue weighted by Crippen LogP contribution is -2.30. The van der Waals surface area contributed by atoms with Gasteiger partial charge in [0.2, 0.25) is 11.5 Å². The monoisotopic (exact) mass is 322 g/mol. The van der Waals surface area contributed by atoms with Crippen LogP contribution in [0.25, 0.3) is 11.1 Å². The maximum Gasteiger partial charge on any atom is 0.336 e. The third-order valence-electron chi connectivity index (χ3n) is 3.33. The minimum atomic E-state index is -2.70. The number of carboxylic acids is 1. The number of phenolic OH excluding ortho intramolecular Hbond substituents is 3. The SMILES string of the molecule is O=C(O)c1cc(O)c(O)c(O)c1-c1ccccc1C(O)(O)CO. The normalized spacial score (nSPS) is 11.4. The maximum atomic E-state index is 11.4. The summed E-state index contributed by atoms with van der Waals surface area (Å²) in [6, 6.07) is 6.04. The molecule has 0 heterocycles. The van der Waals surface area contributed by atoms with Crippen molar-refractivity contribution in [3.8, 4) is 28.4 Å². The van der Waals surface area contributed by atoms with Crippen molar-refractivity contribution in [1.29, 1.82) is 0 Å². The van der Waals surface area contributed by atoms with Crippen molar-refractivity contribution in [1.82, 2.24) is 0 Å². The summed E-state index contributed by atoms with van der Waals surface area (Å²) in [5, 5.41) is 67.2. The first-order valence-electron chi connectivity index (χ1n) is 6.37. The van der Waals surface area contributed by atoms with Crippen LogP contribution in [-0.2, 0) is 5.79 Å². The Kier molecular flexibility index (Phi) is 4.15. The Morgan fingerprint density at radius 3 is 2.22 bits per heavy atom. The topological polar surface area (TPSA) is 159 Å². The number of aliphatic hydroxyl groups is 3. The Balaban J connectivity index is 2.88. The molecule has 0 saturated heterocycles. The lowest BCUT2D eigenvalue weighted by Gasteiger charge is -2.23. The molecule has 0 aliphatic heterocycles. The highest BCUT2D eigenvalue weighted by Crippen LogP contribution is 2.46. The Morgan fingerprint density at radius 1 is 1.04 bits per heavy atom. The highest BCUT2D eigenvalue weighted by atomic mass is 16.5. The predicted octanol–water partition coefficient (Wildman–Crippen LogP) is 0.298. The largest absolute Gasteiger partial charge is 0.504 e. The van der Waals surface area contributed by atoms with Crippen molar-refractivity contribution < 1.29 is 40.5 Å². The van der Waals surface area contributed by atoms with Gasteiger partial charge in [-0.25, -0.2) is 4.79 Å². The number of carbonyl (C=O) groups is 1. The van der Waals surface area contributed by atoms with Crippen LogP contribution in [0.5, 0.6) is 17.2 Å². The third kappa shape index (κ3) is 2.78. The molecule has 0 aromatic heterocycles. The van der Waals surface area contributed by atoms with E-state index in [0.29, 0.717) is 0 Å². The highest BCUT2D eigenvalue weighted by molar-refractivity contribution is 6.00. The van der Waals surface area contributed by atoms with E-state index in [-0.39, 0.29) is 11.1 Å². The molecular weight excluding hydrogens is 308 g/mol. The van der Waals surface area contributed by atoms with Crippen molar-refractivity contribution in [2.24, 2.45) is 0 Å². The average molecular weight is 322 g/mol. The molecule has 0 bridgehead atoms. The van der Waals surface area contributed by atoms with Gasteiger partial charge in [-0.3, -0.25) is 0 Å². The molecule has 2 aromatic rings. The average Bonchev–Trinajstić information content (AvgIpc) is 2.52. The fraction of sp³-hybridized carbons (Fsp3) is 0.133. The minimum absolute atomic E-state index is 0.142. The number of carboxylic acid groups (broad SMARTS) is 1. The fourth-order valence-electron chi connectivity index (χ4n) is 2.22. The number of hydrogen-bond acceptors (Lipinski definition) is 7.